The highest BCUT2D eigenvalue weighted by atomic mass is 16.5. The Labute approximate surface area is 93.2 Å². The molecule has 0 fully saturated rings. The molecule has 0 amide bonds. The molecule has 0 atom stereocenters. The van der Waals surface area contributed by atoms with Crippen molar-refractivity contribution < 1.29 is 19.7 Å². The quantitative estimate of drug-likeness (QED) is 0.576. The molecule has 0 aliphatic carbocycles. The first-order valence-corrected chi connectivity index (χ1v) is 5.70. The van der Waals surface area contributed by atoms with Crippen LogP contribution in [0.25, 0.3) is 0 Å². The molecule has 0 aromatic heterocycles. The second-order valence-corrected chi connectivity index (χ2v) is 2.96. The van der Waals surface area contributed by atoms with E-state index in [-0.39, 0.29) is 13.2 Å². The first-order valence-electron chi connectivity index (χ1n) is 5.70. The molecular weight excluding hydrogens is 196 g/mol. The fraction of sp³-hybridized carbons (Fsp3) is 1.00. The van der Waals surface area contributed by atoms with Gasteiger partial charge in [0.25, 0.3) is 0 Å². The molecule has 0 heterocycles. The molecule has 0 spiro atoms. The Morgan fingerprint density at radius 2 is 1.40 bits per heavy atom. The van der Waals surface area contributed by atoms with Gasteiger partial charge < -0.3 is 19.7 Å². The lowest BCUT2D eigenvalue weighted by Crippen LogP contribution is -2.03. The number of unbranched alkanes of at least 4 members (excludes halogenated alkanes) is 2. The van der Waals surface area contributed by atoms with Crippen molar-refractivity contribution in [3.8, 4) is 0 Å². The van der Waals surface area contributed by atoms with Crippen LogP contribution in [0.15, 0.2) is 0 Å². The zero-order valence-electron chi connectivity index (χ0n) is 10.1. The van der Waals surface area contributed by atoms with Gasteiger partial charge in [0.1, 0.15) is 0 Å². The molecule has 2 N–H and O–H groups in total. The van der Waals surface area contributed by atoms with Gasteiger partial charge in [0.05, 0.1) is 26.4 Å². The first kappa shape index (κ1) is 17.2. The predicted octanol–water partition coefficient (Wildman–Crippen LogP) is 1.20. The smallest absolute Gasteiger partial charge is 0.0698 e. The van der Waals surface area contributed by atoms with Crippen molar-refractivity contribution in [2.24, 2.45) is 0 Å². The van der Waals surface area contributed by atoms with Crippen LogP contribution in [-0.2, 0) is 9.47 Å². The normalized spacial score (nSPS) is 9.60. The third-order valence-corrected chi connectivity index (χ3v) is 1.57. The molecule has 0 saturated carbocycles. The van der Waals surface area contributed by atoms with E-state index in [2.05, 4.69) is 11.7 Å². The molecule has 0 saturated heterocycles. The van der Waals surface area contributed by atoms with Gasteiger partial charge in [0.15, 0.2) is 0 Å². The van der Waals surface area contributed by atoms with Gasteiger partial charge in [-0.1, -0.05) is 19.8 Å². The number of rotatable bonds is 9. The lowest BCUT2D eigenvalue weighted by Gasteiger charge is -1.96. The first-order chi connectivity index (χ1) is 7.33. The summed E-state index contributed by atoms with van der Waals surface area (Å²) in [7, 11) is 0. The zero-order chi connectivity index (χ0) is 11.8. The molecule has 0 radical (unpaired) electrons. The fourth-order valence-corrected chi connectivity index (χ4v) is 0.830. The minimum atomic E-state index is 0.0278. The summed E-state index contributed by atoms with van der Waals surface area (Å²) < 4.78 is 9.77. The van der Waals surface area contributed by atoms with E-state index in [1.54, 1.807) is 0 Å². The second-order valence-electron chi connectivity index (χ2n) is 2.96. The summed E-state index contributed by atoms with van der Waals surface area (Å²) in [5, 5.41) is 16.2. The van der Waals surface area contributed by atoms with Crippen LogP contribution in [0.2, 0.25) is 0 Å². The molecule has 0 unspecified atom stereocenters. The van der Waals surface area contributed by atoms with E-state index in [1.165, 1.54) is 19.3 Å². The third kappa shape index (κ3) is 24.8. The van der Waals surface area contributed by atoms with Gasteiger partial charge in [-0.15, -0.1) is 0 Å². The summed E-state index contributed by atoms with van der Waals surface area (Å²) >= 11 is 0. The molecule has 0 bridgehead atoms. The van der Waals surface area contributed by atoms with Gasteiger partial charge in [-0.3, -0.25) is 0 Å². The maximum Gasteiger partial charge on any atom is 0.0698 e. The minimum absolute atomic E-state index is 0.0278. The van der Waals surface area contributed by atoms with Crippen LogP contribution in [0.5, 0.6) is 0 Å². The number of aliphatic hydroxyl groups is 2. The molecule has 0 aliphatic heterocycles. The number of hydrogen-bond acceptors (Lipinski definition) is 4. The average molecular weight is 222 g/mol. The predicted molar refractivity (Wildman–Crippen MR) is 61.0 cm³/mol. The maximum absolute atomic E-state index is 8.09. The van der Waals surface area contributed by atoms with Crippen LogP contribution < -0.4 is 0 Å². The van der Waals surface area contributed by atoms with Crippen LogP contribution in [0.1, 0.15) is 33.1 Å². The lowest BCUT2D eigenvalue weighted by molar-refractivity contribution is 0.0650. The Bertz CT molecular complexity index is 78.7. The van der Waals surface area contributed by atoms with E-state index in [0.717, 1.165) is 13.2 Å². The Hall–Kier alpha value is -0.160. The van der Waals surface area contributed by atoms with E-state index in [0.29, 0.717) is 13.2 Å². The summed E-state index contributed by atoms with van der Waals surface area (Å²) in [6.45, 7) is 6.74. The van der Waals surface area contributed by atoms with E-state index in [4.69, 9.17) is 14.9 Å². The van der Waals surface area contributed by atoms with Gasteiger partial charge in [0.2, 0.25) is 0 Å². The zero-order valence-corrected chi connectivity index (χ0v) is 10.1. The molecule has 4 nitrogen and oxygen atoms in total. The average Bonchev–Trinajstić information content (AvgIpc) is 2.26. The highest BCUT2D eigenvalue weighted by Gasteiger charge is 1.82. The summed E-state index contributed by atoms with van der Waals surface area (Å²) in [6, 6.07) is 0. The van der Waals surface area contributed by atoms with Crippen LogP contribution in [0.3, 0.4) is 0 Å². The standard InChI is InChI=1S/C7H16O.C4H10O3/c1-3-5-6-7-8-4-2;5-1-3-7-4-2-6/h3-7H2,1-2H3;5-6H,1-4H2. The summed E-state index contributed by atoms with van der Waals surface area (Å²) in [5.74, 6) is 0. The number of aliphatic hydroxyl groups excluding tert-OH is 2. The van der Waals surface area contributed by atoms with Crippen molar-refractivity contribution in [2.45, 2.75) is 33.1 Å². The van der Waals surface area contributed by atoms with Gasteiger partial charge in [-0.2, -0.15) is 0 Å². The molecule has 4 heteroatoms. The molecule has 0 aliphatic rings. The van der Waals surface area contributed by atoms with E-state index in [1.807, 2.05) is 6.92 Å². The van der Waals surface area contributed by atoms with Crippen molar-refractivity contribution in [1.29, 1.82) is 0 Å². The molecule has 15 heavy (non-hydrogen) atoms. The van der Waals surface area contributed by atoms with Gasteiger partial charge >= 0.3 is 0 Å². The topological polar surface area (TPSA) is 58.9 Å². The van der Waals surface area contributed by atoms with Crippen molar-refractivity contribution in [2.75, 3.05) is 39.6 Å². The van der Waals surface area contributed by atoms with E-state index < -0.39 is 0 Å². The molecule has 94 valence electrons. The lowest BCUT2D eigenvalue weighted by atomic mass is 10.3. The monoisotopic (exact) mass is 222 g/mol. The Kier molecular flexibility index (Phi) is 22.3. The molecular formula is C11H26O4. The van der Waals surface area contributed by atoms with Crippen molar-refractivity contribution in [3.63, 3.8) is 0 Å². The molecule has 0 rings (SSSR count). The van der Waals surface area contributed by atoms with Gasteiger partial charge in [-0.05, 0) is 13.3 Å². The van der Waals surface area contributed by atoms with Crippen molar-refractivity contribution in [1.82, 2.24) is 0 Å². The Morgan fingerprint density at radius 3 is 1.80 bits per heavy atom. The van der Waals surface area contributed by atoms with E-state index >= 15 is 0 Å². The van der Waals surface area contributed by atoms with Crippen LogP contribution >= 0.6 is 0 Å². The maximum atomic E-state index is 8.09. The summed E-state index contributed by atoms with van der Waals surface area (Å²) in [5.41, 5.74) is 0. The highest BCUT2D eigenvalue weighted by molar-refractivity contribution is 4.34. The van der Waals surface area contributed by atoms with E-state index in [9.17, 15) is 0 Å². The Balaban J connectivity index is 0. The fourth-order valence-electron chi connectivity index (χ4n) is 0.830. The van der Waals surface area contributed by atoms with Crippen LogP contribution in [0, 0.1) is 0 Å². The van der Waals surface area contributed by atoms with Crippen LogP contribution in [0.4, 0.5) is 0 Å². The van der Waals surface area contributed by atoms with Crippen LogP contribution in [-0.4, -0.2) is 49.9 Å². The summed E-state index contributed by atoms with van der Waals surface area (Å²) in [6.07, 6.45) is 3.82. The van der Waals surface area contributed by atoms with Crippen molar-refractivity contribution >= 4 is 0 Å². The molecule has 0 aromatic carbocycles. The van der Waals surface area contributed by atoms with Crippen molar-refractivity contribution in [3.05, 3.63) is 0 Å². The number of ether oxygens (including phenoxy) is 2. The Morgan fingerprint density at radius 1 is 0.800 bits per heavy atom. The third-order valence-electron chi connectivity index (χ3n) is 1.57. The SMILES string of the molecule is CCCCCOCC.OCCOCCO. The number of hydrogen-bond donors (Lipinski definition) is 2. The highest BCUT2D eigenvalue weighted by Crippen LogP contribution is 1.92. The minimum Gasteiger partial charge on any atom is -0.394 e. The molecule has 0 aromatic rings. The van der Waals surface area contributed by atoms with Gasteiger partial charge in [-0.25, -0.2) is 0 Å². The summed E-state index contributed by atoms with van der Waals surface area (Å²) in [4.78, 5) is 0. The van der Waals surface area contributed by atoms with Gasteiger partial charge in [0, 0.05) is 13.2 Å². The largest absolute Gasteiger partial charge is 0.394 e. The second kappa shape index (κ2) is 19.4.